The summed E-state index contributed by atoms with van der Waals surface area (Å²) in [5, 5.41) is 11.0. The van der Waals surface area contributed by atoms with Crippen LogP contribution in [0.3, 0.4) is 0 Å². The molecule has 0 aliphatic heterocycles. The number of hydrogen-bond donors (Lipinski definition) is 0. The highest BCUT2D eigenvalue weighted by Gasteiger charge is 2.13. The molecule has 1 aromatic carbocycles. The van der Waals surface area contributed by atoms with E-state index < -0.39 is 4.92 Å². The average molecular weight is 293 g/mol. The highest BCUT2D eigenvalue weighted by atomic mass is 16.6. The Balaban J connectivity index is 2.96. The predicted octanol–water partition coefficient (Wildman–Crippen LogP) is 1.59. The Bertz CT molecular complexity index is 553. The van der Waals surface area contributed by atoms with Crippen LogP contribution in [0.5, 0.6) is 5.75 Å². The van der Waals surface area contributed by atoms with Crippen molar-refractivity contribution in [3.8, 4) is 5.75 Å². The van der Waals surface area contributed by atoms with E-state index in [4.69, 9.17) is 4.74 Å². The van der Waals surface area contributed by atoms with Crippen LogP contribution in [-0.4, -0.2) is 55.4 Å². The minimum atomic E-state index is -0.454. The largest absolute Gasteiger partial charge is 0.484 e. The Kier molecular flexibility index (Phi) is 5.71. The standard InChI is InChI=1S/C14H19N3O4/c1-15(2)8-7-11-9-12(5-6-13(11)17(19)20)21-10-14(18)16(3)4/h5-9H,10H2,1-4H3/b8-7+. The van der Waals surface area contributed by atoms with Gasteiger partial charge in [0.1, 0.15) is 5.75 Å². The number of hydrogen-bond acceptors (Lipinski definition) is 5. The first-order chi connectivity index (χ1) is 9.81. The number of nitro benzene ring substituents is 1. The molecule has 1 aromatic rings. The maximum atomic E-state index is 11.5. The van der Waals surface area contributed by atoms with Crippen molar-refractivity contribution < 1.29 is 14.5 Å². The lowest BCUT2D eigenvalue weighted by molar-refractivity contribution is -0.385. The summed E-state index contributed by atoms with van der Waals surface area (Å²) in [4.78, 5) is 25.2. The molecule has 114 valence electrons. The van der Waals surface area contributed by atoms with E-state index in [0.717, 1.165) is 0 Å². The zero-order chi connectivity index (χ0) is 16.0. The summed E-state index contributed by atoms with van der Waals surface area (Å²) in [6.07, 6.45) is 3.33. The van der Waals surface area contributed by atoms with Gasteiger partial charge in [-0.25, -0.2) is 0 Å². The summed E-state index contributed by atoms with van der Waals surface area (Å²) < 4.78 is 5.35. The van der Waals surface area contributed by atoms with Gasteiger partial charge in [-0.3, -0.25) is 14.9 Å². The SMILES string of the molecule is CN(C)/C=C/c1cc(OCC(=O)N(C)C)ccc1[N+](=O)[O-]. The molecule has 0 saturated heterocycles. The fourth-order valence-electron chi connectivity index (χ4n) is 1.43. The fraction of sp³-hybridized carbons (Fsp3) is 0.357. The molecule has 0 atom stereocenters. The minimum Gasteiger partial charge on any atom is -0.484 e. The Labute approximate surface area is 123 Å². The molecule has 0 radical (unpaired) electrons. The maximum Gasteiger partial charge on any atom is 0.276 e. The molecule has 0 spiro atoms. The Morgan fingerprint density at radius 3 is 2.52 bits per heavy atom. The Hall–Kier alpha value is -2.57. The third-order valence-corrected chi connectivity index (χ3v) is 2.61. The molecule has 0 saturated carbocycles. The van der Waals surface area contributed by atoms with Gasteiger partial charge < -0.3 is 14.5 Å². The highest BCUT2D eigenvalue weighted by molar-refractivity contribution is 5.77. The number of carbonyl (C=O) groups is 1. The van der Waals surface area contributed by atoms with Gasteiger partial charge in [0.05, 0.1) is 10.5 Å². The van der Waals surface area contributed by atoms with Crippen molar-refractivity contribution >= 4 is 17.7 Å². The second-order valence-corrected chi connectivity index (χ2v) is 4.83. The molecular formula is C14H19N3O4. The minimum absolute atomic E-state index is 0.0145. The number of likely N-dealkylation sites (N-methyl/N-ethyl adjacent to an activating group) is 1. The van der Waals surface area contributed by atoms with Gasteiger partial charge >= 0.3 is 0 Å². The molecule has 0 N–H and O–H groups in total. The summed E-state index contributed by atoms with van der Waals surface area (Å²) in [7, 11) is 6.90. The van der Waals surface area contributed by atoms with Crippen molar-refractivity contribution in [2.75, 3.05) is 34.8 Å². The first-order valence-corrected chi connectivity index (χ1v) is 6.27. The van der Waals surface area contributed by atoms with E-state index in [0.29, 0.717) is 11.3 Å². The van der Waals surface area contributed by atoms with Gasteiger partial charge in [-0.1, -0.05) is 0 Å². The summed E-state index contributed by atoms with van der Waals surface area (Å²) in [6, 6.07) is 4.39. The molecule has 0 aliphatic carbocycles. The Morgan fingerprint density at radius 1 is 1.33 bits per heavy atom. The lowest BCUT2D eigenvalue weighted by atomic mass is 10.1. The lowest BCUT2D eigenvalue weighted by Crippen LogP contribution is -2.27. The number of nitrogens with zero attached hydrogens (tertiary/aromatic N) is 3. The van der Waals surface area contributed by atoms with E-state index in [-0.39, 0.29) is 18.2 Å². The first kappa shape index (κ1) is 16.5. The Morgan fingerprint density at radius 2 is 2.00 bits per heavy atom. The third kappa shape index (κ3) is 5.13. The molecule has 1 amide bonds. The van der Waals surface area contributed by atoms with Crippen LogP contribution >= 0.6 is 0 Å². The molecule has 0 unspecified atom stereocenters. The van der Waals surface area contributed by atoms with E-state index >= 15 is 0 Å². The summed E-state index contributed by atoms with van der Waals surface area (Å²) in [5.41, 5.74) is 0.405. The van der Waals surface area contributed by atoms with E-state index in [1.54, 1.807) is 37.3 Å². The summed E-state index contributed by atoms with van der Waals surface area (Å²) >= 11 is 0. The molecule has 0 aromatic heterocycles. The van der Waals surface area contributed by atoms with Crippen molar-refractivity contribution in [2.45, 2.75) is 0 Å². The van der Waals surface area contributed by atoms with Gasteiger partial charge in [0.15, 0.2) is 6.61 Å². The van der Waals surface area contributed by atoms with Crippen LogP contribution in [0.4, 0.5) is 5.69 Å². The van der Waals surface area contributed by atoms with E-state index in [9.17, 15) is 14.9 Å². The predicted molar refractivity (Wildman–Crippen MR) is 80.0 cm³/mol. The quantitative estimate of drug-likeness (QED) is 0.588. The molecular weight excluding hydrogens is 274 g/mol. The number of amides is 1. The fourth-order valence-corrected chi connectivity index (χ4v) is 1.43. The van der Waals surface area contributed by atoms with Crippen LogP contribution in [0.25, 0.3) is 6.08 Å². The number of nitro groups is 1. The number of benzene rings is 1. The van der Waals surface area contributed by atoms with Crippen LogP contribution in [0.1, 0.15) is 5.56 Å². The second-order valence-electron chi connectivity index (χ2n) is 4.83. The molecule has 7 nitrogen and oxygen atoms in total. The molecule has 21 heavy (non-hydrogen) atoms. The second kappa shape index (κ2) is 7.28. The smallest absolute Gasteiger partial charge is 0.276 e. The summed E-state index contributed by atoms with van der Waals surface area (Å²) in [5.74, 6) is 0.230. The van der Waals surface area contributed by atoms with Gasteiger partial charge in [-0.15, -0.1) is 0 Å². The molecule has 0 aliphatic rings. The number of rotatable bonds is 6. The number of carbonyl (C=O) groups excluding carboxylic acids is 1. The normalized spacial score (nSPS) is 10.5. The van der Waals surface area contributed by atoms with Gasteiger partial charge in [0.2, 0.25) is 0 Å². The van der Waals surface area contributed by atoms with E-state index in [1.165, 1.54) is 17.0 Å². The first-order valence-electron chi connectivity index (χ1n) is 6.27. The zero-order valence-corrected chi connectivity index (χ0v) is 12.6. The van der Waals surface area contributed by atoms with Crippen LogP contribution in [0.2, 0.25) is 0 Å². The molecule has 0 fully saturated rings. The van der Waals surface area contributed by atoms with Crippen LogP contribution in [0, 0.1) is 10.1 Å². The van der Waals surface area contributed by atoms with Crippen LogP contribution < -0.4 is 4.74 Å². The van der Waals surface area contributed by atoms with Gasteiger partial charge in [0.25, 0.3) is 11.6 Å². The van der Waals surface area contributed by atoms with E-state index in [2.05, 4.69) is 0 Å². The molecule has 0 heterocycles. The van der Waals surface area contributed by atoms with Crippen LogP contribution in [-0.2, 0) is 4.79 Å². The van der Waals surface area contributed by atoms with E-state index in [1.807, 2.05) is 14.1 Å². The zero-order valence-electron chi connectivity index (χ0n) is 12.6. The monoisotopic (exact) mass is 293 g/mol. The van der Waals surface area contributed by atoms with Crippen molar-refractivity contribution in [3.63, 3.8) is 0 Å². The molecule has 7 heteroatoms. The average Bonchev–Trinajstić information content (AvgIpc) is 2.41. The topological polar surface area (TPSA) is 75.9 Å². The molecule has 0 bridgehead atoms. The van der Waals surface area contributed by atoms with Crippen molar-refractivity contribution in [2.24, 2.45) is 0 Å². The molecule has 1 rings (SSSR count). The van der Waals surface area contributed by atoms with Crippen molar-refractivity contribution in [1.29, 1.82) is 0 Å². The van der Waals surface area contributed by atoms with Crippen LogP contribution in [0.15, 0.2) is 24.4 Å². The van der Waals surface area contributed by atoms with Crippen molar-refractivity contribution in [3.05, 3.63) is 40.1 Å². The third-order valence-electron chi connectivity index (χ3n) is 2.61. The number of ether oxygens (including phenoxy) is 1. The van der Waals surface area contributed by atoms with Crippen molar-refractivity contribution in [1.82, 2.24) is 9.80 Å². The van der Waals surface area contributed by atoms with Gasteiger partial charge in [-0.05, 0) is 24.4 Å². The van der Waals surface area contributed by atoms with Gasteiger partial charge in [0, 0.05) is 34.3 Å². The maximum absolute atomic E-state index is 11.5. The highest BCUT2D eigenvalue weighted by Crippen LogP contribution is 2.25. The lowest BCUT2D eigenvalue weighted by Gasteiger charge is -2.11. The summed E-state index contributed by atoms with van der Waals surface area (Å²) in [6.45, 7) is -0.109. The van der Waals surface area contributed by atoms with Gasteiger partial charge in [-0.2, -0.15) is 0 Å².